The van der Waals surface area contributed by atoms with E-state index in [4.69, 9.17) is 19.9 Å². The molecule has 0 aliphatic carbocycles. The number of nitrogens with two attached hydrogens (primary N) is 1. The fourth-order valence-corrected chi connectivity index (χ4v) is 3.16. The molecule has 0 saturated heterocycles. The van der Waals surface area contributed by atoms with Gasteiger partial charge in [0.2, 0.25) is 5.91 Å². The number of aromatic nitrogens is 1. The zero-order chi connectivity index (χ0) is 22.9. The Morgan fingerprint density at radius 1 is 1.12 bits per heavy atom. The van der Waals surface area contributed by atoms with Crippen molar-refractivity contribution in [3.8, 4) is 17.2 Å². The van der Waals surface area contributed by atoms with Crippen LogP contribution in [-0.2, 0) is 6.61 Å². The zero-order valence-electron chi connectivity index (χ0n) is 18.2. The molecule has 2 heterocycles. The summed E-state index contributed by atoms with van der Waals surface area (Å²) in [5.41, 5.74) is 8.14. The van der Waals surface area contributed by atoms with Crippen LogP contribution in [0.25, 0.3) is 0 Å². The minimum atomic E-state index is -0.434. The SMILES string of the molecule is CCOc1cccc(C(N)=O)c1.Cc1c(OCc2ccncc2)ccc2c1OCCC2=O. The van der Waals surface area contributed by atoms with Crippen LogP contribution in [0, 0.1) is 6.92 Å². The lowest BCUT2D eigenvalue weighted by atomic mass is 10.0. The Morgan fingerprint density at radius 3 is 2.62 bits per heavy atom. The van der Waals surface area contributed by atoms with Crippen molar-refractivity contribution in [3.05, 3.63) is 83.2 Å². The standard InChI is InChI=1S/C16H15NO3.C9H11NO2/c1-11-15(20-10-12-4-7-17-8-5-12)3-2-13-14(18)6-9-19-16(11)13;1-2-12-8-5-3-4-7(6-8)9(10)11/h2-5,7-8H,6,9-10H2,1H3;3-6H,2H2,1H3,(H2,10,11). The molecule has 4 rings (SSSR count). The lowest BCUT2D eigenvalue weighted by Crippen LogP contribution is -2.16. The third-order valence-corrected chi connectivity index (χ3v) is 4.81. The number of Topliss-reactive ketones (excluding diaryl/α,β-unsaturated/α-hetero) is 1. The molecule has 1 aromatic heterocycles. The van der Waals surface area contributed by atoms with Crippen molar-refractivity contribution in [2.75, 3.05) is 13.2 Å². The van der Waals surface area contributed by atoms with Crippen molar-refractivity contribution in [2.24, 2.45) is 5.73 Å². The highest BCUT2D eigenvalue weighted by molar-refractivity contribution is 6.00. The predicted molar refractivity (Wildman–Crippen MR) is 120 cm³/mol. The van der Waals surface area contributed by atoms with Crippen molar-refractivity contribution < 1.29 is 23.8 Å². The first-order chi connectivity index (χ1) is 15.5. The van der Waals surface area contributed by atoms with E-state index >= 15 is 0 Å². The van der Waals surface area contributed by atoms with Gasteiger partial charge in [0.1, 0.15) is 23.9 Å². The van der Waals surface area contributed by atoms with Crippen molar-refractivity contribution in [1.29, 1.82) is 0 Å². The van der Waals surface area contributed by atoms with Crippen LogP contribution in [0.4, 0.5) is 0 Å². The van der Waals surface area contributed by atoms with Crippen molar-refractivity contribution in [3.63, 3.8) is 0 Å². The summed E-state index contributed by atoms with van der Waals surface area (Å²) in [6.07, 6.45) is 3.92. The Kier molecular flexibility index (Phi) is 7.80. The number of pyridine rings is 1. The Bertz CT molecular complexity index is 1080. The van der Waals surface area contributed by atoms with Gasteiger partial charge in [0.25, 0.3) is 0 Å². The first-order valence-corrected chi connectivity index (χ1v) is 10.3. The second-order valence-electron chi connectivity index (χ2n) is 7.06. The minimum Gasteiger partial charge on any atom is -0.494 e. The molecule has 7 heteroatoms. The van der Waals surface area contributed by atoms with Crippen molar-refractivity contribution >= 4 is 11.7 Å². The second kappa shape index (κ2) is 10.9. The average Bonchev–Trinajstić information content (AvgIpc) is 2.81. The maximum Gasteiger partial charge on any atom is 0.248 e. The summed E-state index contributed by atoms with van der Waals surface area (Å²) < 4.78 is 16.6. The lowest BCUT2D eigenvalue weighted by molar-refractivity contribution is 0.0931. The van der Waals surface area contributed by atoms with Gasteiger partial charge < -0.3 is 19.9 Å². The highest BCUT2D eigenvalue weighted by Gasteiger charge is 2.22. The van der Waals surface area contributed by atoms with Gasteiger partial charge >= 0.3 is 0 Å². The highest BCUT2D eigenvalue weighted by atomic mass is 16.5. The molecule has 1 aliphatic rings. The number of hydrogen-bond donors (Lipinski definition) is 1. The summed E-state index contributed by atoms with van der Waals surface area (Å²) in [4.78, 5) is 26.5. The van der Waals surface area contributed by atoms with E-state index in [2.05, 4.69) is 4.98 Å². The van der Waals surface area contributed by atoms with Crippen molar-refractivity contribution in [1.82, 2.24) is 4.98 Å². The first kappa shape index (κ1) is 22.8. The number of ketones is 1. The molecule has 0 spiro atoms. The van der Waals surface area contributed by atoms with Gasteiger partial charge in [-0.3, -0.25) is 14.6 Å². The lowest BCUT2D eigenvalue weighted by Gasteiger charge is -2.20. The Labute approximate surface area is 187 Å². The first-order valence-electron chi connectivity index (χ1n) is 10.3. The number of carbonyl (C=O) groups is 2. The maximum atomic E-state index is 11.8. The Morgan fingerprint density at radius 2 is 1.91 bits per heavy atom. The van der Waals surface area contributed by atoms with Gasteiger partial charge in [0, 0.05) is 29.9 Å². The summed E-state index contributed by atoms with van der Waals surface area (Å²) in [7, 11) is 0. The molecule has 7 nitrogen and oxygen atoms in total. The summed E-state index contributed by atoms with van der Waals surface area (Å²) in [6.45, 7) is 5.30. The molecule has 0 unspecified atom stereocenters. The molecule has 0 atom stereocenters. The number of hydrogen-bond acceptors (Lipinski definition) is 6. The molecule has 1 aliphatic heterocycles. The number of amides is 1. The minimum absolute atomic E-state index is 0.134. The molecule has 0 radical (unpaired) electrons. The monoisotopic (exact) mass is 434 g/mol. The van der Waals surface area contributed by atoms with Crippen LogP contribution < -0.4 is 19.9 Å². The van der Waals surface area contributed by atoms with Gasteiger partial charge in [0.05, 0.1) is 18.8 Å². The van der Waals surface area contributed by atoms with Crippen LogP contribution in [0.1, 0.15) is 45.2 Å². The van der Waals surface area contributed by atoms with Crippen LogP contribution >= 0.6 is 0 Å². The predicted octanol–water partition coefficient (Wildman–Crippen LogP) is 4.12. The van der Waals surface area contributed by atoms with Gasteiger partial charge in [-0.25, -0.2) is 0 Å². The van der Waals surface area contributed by atoms with Crippen molar-refractivity contribution in [2.45, 2.75) is 26.9 Å². The zero-order valence-corrected chi connectivity index (χ0v) is 18.2. The fourth-order valence-electron chi connectivity index (χ4n) is 3.16. The van der Waals surface area contributed by atoms with E-state index < -0.39 is 5.91 Å². The molecule has 2 aromatic carbocycles. The topological polar surface area (TPSA) is 101 Å². The van der Waals surface area contributed by atoms with Gasteiger partial charge in [-0.2, -0.15) is 0 Å². The van der Waals surface area contributed by atoms with E-state index in [0.29, 0.717) is 48.9 Å². The number of rotatable bonds is 6. The van der Waals surface area contributed by atoms with E-state index in [1.165, 1.54) is 0 Å². The number of carbonyl (C=O) groups excluding carboxylic acids is 2. The Hall–Kier alpha value is -3.87. The number of fused-ring (bicyclic) bond motifs is 1. The largest absolute Gasteiger partial charge is 0.494 e. The van der Waals surface area contributed by atoms with Gasteiger partial charge in [-0.15, -0.1) is 0 Å². The third-order valence-electron chi connectivity index (χ3n) is 4.81. The number of benzene rings is 2. The number of nitrogens with zero attached hydrogens (tertiary/aromatic N) is 1. The summed E-state index contributed by atoms with van der Waals surface area (Å²) in [5, 5.41) is 0. The van der Waals surface area contributed by atoms with Crippen LogP contribution in [0.15, 0.2) is 60.9 Å². The molecule has 0 saturated carbocycles. The number of primary amides is 1. The molecular weight excluding hydrogens is 408 g/mol. The smallest absolute Gasteiger partial charge is 0.248 e. The quantitative estimate of drug-likeness (QED) is 0.626. The maximum absolute atomic E-state index is 11.8. The summed E-state index contributed by atoms with van der Waals surface area (Å²) >= 11 is 0. The molecule has 1 amide bonds. The molecule has 0 bridgehead atoms. The van der Waals surface area contributed by atoms with Gasteiger partial charge in [0.15, 0.2) is 5.78 Å². The fraction of sp³-hybridized carbons (Fsp3) is 0.240. The molecule has 166 valence electrons. The molecular formula is C25H26N2O5. The van der Waals surface area contributed by atoms with Crippen LogP contribution in [-0.4, -0.2) is 29.9 Å². The molecule has 0 fully saturated rings. The summed E-state index contributed by atoms with van der Waals surface area (Å²) in [6, 6.07) is 14.3. The van der Waals surface area contributed by atoms with Crippen LogP contribution in [0.2, 0.25) is 0 Å². The second-order valence-corrected chi connectivity index (χ2v) is 7.06. The van der Waals surface area contributed by atoms with E-state index in [1.54, 1.807) is 42.7 Å². The molecule has 3 aromatic rings. The van der Waals surface area contributed by atoms with Gasteiger partial charge in [-0.1, -0.05) is 6.07 Å². The number of ether oxygens (including phenoxy) is 3. The third kappa shape index (κ3) is 5.85. The highest BCUT2D eigenvalue weighted by Crippen LogP contribution is 2.35. The van der Waals surface area contributed by atoms with Gasteiger partial charge in [-0.05, 0) is 61.9 Å². The Balaban J connectivity index is 0.000000207. The van der Waals surface area contributed by atoms with Crippen LogP contribution in [0.3, 0.4) is 0 Å². The van der Waals surface area contributed by atoms with E-state index in [1.807, 2.05) is 32.0 Å². The van der Waals surface area contributed by atoms with E-state index in [-0.39, 0.29) is 5.78 Å². The van der Waals surface area contributed by atoms with Crippen LogP contribution in [0.5, 0.6) is 17.2 Å². The van der Waals surface area contributed by atoms with E-state index in [9.17, 15) is 9.59 Å². The molecule has 32 heavy (non-hydrogen) atoms. The molecule has 2 N–H and O–H groups in total. The average molecular weight is 434 g/mol. The normalized spacial score (nSPS) is 12.0. The van der Waals surface area contributed by atoms with E-state index in [0.717, 1.165) is 16.9 Å². The summed E-state index contributed by atoms with van der Waals surface area (Å²) in [5.74, 6) is 1.78.